The van der Waals surface area contributed by atoms with Gasteiger partial charge < -0.3 is 11.1 Å². The molecule has 2 aromatic rings. The zero-order valence-electron chi connectivity index (χ0n) is 17.6. The molecule has 0 spiro atoms. The Labute approximate surface area is 194 Å². The third kappa shape index (κ3) is 6.64. The number of anilines is 1. The summed E-state index contributed by atoms with van der Waals surface area (Å²) >= 11 is 8.06. The lowest BCUT2D eigenvalue weighted by Gasteiger charge is -2.31. The molecule has 31 heavy (non-hydrogen) atoms. The van der Waals surface area contributed by atoms with Crippen molar-refractivity contribution < 1.29 is 13.2 Å². The van der Waals surface area contributed by atoms with Crippen LogP contribution >= 0.6 is 23.4 Å². The Balaban J connectivity index is 1.60. The first-order chi connectivity index (χ1) is 14.8. The van der Waals surface area contributed by atoms with Crippen molar-refractivity contribution in [3.63, 3.8) is 0 Å². The summed E-state index contributed by atoms with van der Waals surface area (Å²) in [6.45, 7) is 0.515. The summed E-state index contributed by atoms with van der Waals surface area (Å²) in [6.07, 6.45) is 7.28. The van der Waals surface area contributed by atoms with Gasteiger partial charge in [-0.1, -0.05) is 30.9 Å². The number of halogens is 1. The lowest BCUT2D eigenvalue weighted by Crippen LogP contribution is -2.26. The van der Waals surface area contributed by atoms with Crippen LogP contribution in [-0.4, -0.2) is 32.9 Å². The molecule has 1 saturated carbocycles. The van der Waals surface area contributed by atoms with Crippen LogP contribution in [-0.2, 0) is 9.84 Å². The molecule has 0 bridgehead atoms. The normalized spacial score (nSPS) is 16.1. The largest absolute Gasteiger partial charge is 0.398 e. The van der Waals surface area contributed by atoms with Gasteiger partial charge in [0.2, 0.25) is 0 Å². The molecule has 3 rings (SSSR count). The van der Waals surface area contributed by atoms with Crippen LogP contribution < -0.4 is 11.1 Å². The Bertz CT molecular complexity index is 1000. The Morgan fingerprint density at radius 2 is 1.84 bits per heavy atom. The van der Waals surface area contributed by atoms with Crippen molar-refractivity contribution >= 4 is 44.8 Å². The maximum atomic E-state index is 12.4. The van der Waals surface area contributed by atoms with Crippen LogP contribution in [0.2, 0.25) is 5.02 Å². The van der Waals surface area contributed by atoms with E-state index in [1.54, 1.807) is 0 Å². The molecule has 0 saturated heterocycles. The van der Waals surface area contributed by atoms with E-state index in [2.05, 4.69) is 5.32 Å². The van der Waals surface area contributed by atoms with Crippen LogP contribution in [0.25, 0.3) is 0 Å². The third-order valence-electron chi connectivity index (χ3n) is 5.66. The maximum absolute atomic E-state index is 12.4. The number of hydrogen-bond donors (Lipinski definition) is 2. The van der Waals surface area contributed by atoms with Crippen molar-refractivity contribution in [2.45, 2.75) is 42.2 Å². The fraction of sp³-hybridized carbons (Fsp3) is 0.435. The number of nitrogen functional groups attached to an aromatic ring is 1. The van der Waals surface area contributed by atoms with E-state index in [9.17, 15) is 13.2 Å². The molecule has 1 fully saturated rings. The second kappa shape index (κ2) is 10.7. The summed E-state index contributed by atoms with van der Waals surface area (Å²) in [4.78, 5) is 12.6. The highest BCUT2D eigenvalue weighted by Gasteiger charge is 2.27. The van der Waals surface area contributed by atoms with Gasteiger partial charge >= 0.3 is 0 Å². The highest BCUT2D eigenvalue weighted by molar-refractivity contribution is 7.99. The topological polar surface area (TPSA) is 89.3 Å². The molecule has 1 unspecified atom stereocenters. The number of thioether (sulfide) groups is 1. The predicted molar refractivity (Wildman–Crippen MR) is 130 cm³/mol. The minimum absolute atomic E-state index is 0.203. The standard InChI is InChI=1S/C23H29ClN2O3S2/c1-31(28,29)19-10-7-17(8-11-19)23(27)26-13-14-30-22(16-5-3-2-4-6-16)20-15-18(24)9-12-21(20)25/h7-12,15-16,22H,2-6,13-14,25H2,1H3,(H,26,27). The van der Waals surface area contributed by atoms with Crippen molar-refractivity contribution in [2.24, 2.45) is 5.92 Å². The number of sulfone groups is 1. The minimum Gasteiger partial charge on any atom is -0.398 e. The Kier molecular flexibility index (Phi) is 8.30. The molecule has 0 heterocycles. The number of nitrogens with two attached hydrogens (primary N) is 1. The molecular formula is C23H29ClN2O3S2. The van der Waals surface area contributed by atoms with Crippen LogP contribution in [0.5, 0.6) is 0 Å². The van der Waals surface area contributed by atoms with Gasteiger partial charge in [0.25, 0.3) is 5.91 Å². The lowest BCUT2D eigenvalue weighted by molar-refractivity contribution is 0.0956. The van der Waals surface area contributed by atoms with E-state index in [0.29, 0.717) is 23.0 Å². The number of carbonyl (C=O) groups is 1. The molecule has 0 radical (unpaired) electrons. The van der Waals surface area contributed by atoms with E-state index >= 15 is 0 Å². The fourth-order valence-corrected chi connectivity index (χ4v) is 6.23. The SMILES string of the molecule is CS(=O)(=O)c1ccc(C(=O)NCCSC(c2cc(Cl)ccc2N)C2CCCCC2)cc1. The number of carbonyl (C=O) groups excluding carboxylic acids is 1. The van der Waals surface area contributed by atoms with Crippen molar-refractivity contribution in [3.8, 4) is 0 Å². The van der Waals surface area contributed by atoms with Crippen molar-refractivity contribution in [2.75, 3.05) is 24.3 Å². The second-order valence-electron chi connectivity index (χ2n) is 8.02. The summed E-state index contributed by atoms with van der Waals surface area (Å²) in [7, 11) is -3.27. The molecule has 2 aromatic carbocycles. The van der Waals surface area contributed by atoms with Crippen LogP contribution in [0, 0.1) is 5.92 Å². The van der Waals surface area contributed by atoms with Crippen molar-refractivity contribution in [1.29, 1.82) is 0 Å². The highest BCUT2D eigenvalue weighted by Crippen LogP contribution is 2.45. The number of hydrogen-bond acceptors (Lipinski definition) is 5. The molecule has 5 nitrogen and oxygen atoms in total. The number of benzene rings is 2. The van der Waals surface area contributed by atoms with Gasteiger partial charge in [0.15, 0.2) is 9.84 Å². The van der Waals surface area contributed by atoms with Crippen LogP contribution in [0.3, 0.4) is 0 Å². The van der Waals surface area contributed by atoms with Gasteiger partial charge in [-0.15, -0.1) is 0 Å². The molecule has 1 atom stereocenters. The quantitative estimate of drug-likeness (QED) is 0.404. The van der Waals surface area contributed by atoms with E-state index in [1.165, 1.54) is 56.4 Å². The minimum atomic E-state index is -3.27. The van der Waals surface area contributed by atoms with E-state index < -0.39 is 9.84 Å². The van der Waals surface area contributed by atoms with E-state index in [1.807, 2.05) is 30.0 Å². The summed E-state index contributed by atoms with van der Waals surface area (Å²) in [5.41, 5.74) is 8.58. The molecule has 1 amide bonds. The van der Waals surface area contributed by atoms with Crippen molar-refractivity contribution in [1.82, 2.24) is 5.32 Å². The Morgan fingerprint density at radius 1 is 1.16 bits per heavy atom. The summed E-state index contributed by atoms with van der Waals surface area (Å²) < 4.78 is 23.1. The van der Waals surface area contributed by atoms with Crippen molar-refractivity contribution in [3.05, 3.63) is 58.6 Å². The molecule has 0 aliphatic heterocycles. The Morgan fingerprint density at radius 3 is 2.48 bits per heavy atom. The van der Waals surface area contributed by atoms with Crippen LogP contribution in [0.15, 0.2) is 47.4 Å². The molecule has 0 aromatic heterocycles. The fourth-order valence-electron chi connectivity index (χ4n) is 4.01. The maximum Gasteiger partial charge on any atom is 0.251 e. The average Bonchev–Trinajstić information content (AvgIpc) is 2.75. The smallest absolute Gasteiger partial charge is 0.251 e. The van der Waals surface area contributed by atoms with Gasteiger partial charge in [-0.3, -0.25) is 4.79 Å². The van der Waals surface area contributed by atoms with Crippen LogP contribution in [0.4, 0.5) is 5.69 Å². The first-order valence-corrected chi connectivity index (χ1v) is 13.8. The number of amides is 1. The first-order valence-electron chi connectivity index (χ1n) is 10.5. The van der Waals surface area contributed by atoms with Gasteiger partial charge in [-0.05, 0) is 66.8 Å². The van der Waals surface area contributed by atoms with Gasteiger partial charge in [0.05, 0.1) is 4.90 Å². The van der Waals surface area contributed by atoms with Crippen LogP contribution in [0.1, 0.15) is 53.3 Å². The second-order valence-corrected chi connectivity index (χ2v) is 11.7. The predicted octanol–water partition coefficient (Wildman–Crippen LogP) is 5.11. The van der Waals surface area contributed by atoms with E-state index in [0.717, 1.165) is 23.3 Å². The highest BCUT2D eigenvalue weighted by atomic mass is 35.5. The van der Waals surface area contributed by atoms with Gasteiger partial charge in [0.1, 0.15) is 0 Å². The monoisotopic (exact) mass is 480 g/mol. The lowest BCUT2D eigenvalue weighted by atomic mass is 9.84. The molecule has 8 heteroatoms. The molecule has 1 aliphatic carbocycles. The third-order valence-corrected chi connectivity index (χ3v) is 8.46. The van der Waals surface area contributed by atoms with E-state index in [-0.39, 0.29) is 16.1 Å². The Hall–Kier alpha value is -1.70. The zero-order valence-corrected chi connectivity index (χ0v) is 20.0. The number of nitrogens with one attached hydrogen (secondary N) is 1. The van der Waals surface area contributed by atoms with Gasteiger partial charge in [0, 0.05) is 40.1 Å². The van der Waals surface area contributed by atoms with Gasteiger partial charge in [-0.2, -0.15) is 11.8 Å². The summed E-state index contributed by atoms with van der Waals surface area (Å²) in [5.74, 6) is 1.09. The summed E-state index contributed by atoms with van der Waals surface area (Å²) in [5, 5.41) is 3.87. The first kappa shape index (κ1) is 24.0. The molecule has 168 valence electrons. The number of rotatable bonds is 8. The molecule has 1 aliphatic rings. The van der Waals surface area contributed by atoms with Gasteiger partial charge in [-0.25, -0.2) is 8.42 Å². The summed E-state index contributed by atoms with van der Waals surface area (Å²) in [6, 6.07) is 11.7. The van der Waals surface area contributed by atoms with E-state index in [4.69, 9.17) is 17.3 Å². The molecular weight excluding hydrogens is 452 g/mol. The zero-order chi connectivity index (χ0) is 22.4. The molecule has 3 N–H and O–H groups in total. The average molecular weight is 481 g/mol.